The molecule has 3 aromatic carbocycles. The van der Waals surface area contributed by atoms with Crippen molar-refractivity contribution in [1.29, 1.82) is 5.26 Å². The molecule has 0 heterocycles. The summed E-state index contributed by atoms with van der Waals surface area (Å²) in [5.74, 6) is 0.139. The number of halogens is 1. The van der Waals surface area contributed by atoms with E-state index in [1.165, 1.54) is 11.1 Å². The lowest BCUT2D eigenvalue weighted by atomic mass is 10.1. The molecule has 162 valence electrons. The molecule has 5 heteroatoms. The second-order valence-electron chi connectivity index (χ2n) is 7.83. The highest BCUT2D eigenvalue weighted by Crippen LogP contribution is 2.27. The van der Waals surface area contributed by atoms with Gasteiger partial charge in [-0.2, -0.15) is 5.26 Å². The number of anilines is 1. The van der Waals surface area contributed by atoms with Crippen molar-refractivity contribution < 1.29 is 9.53 Å². The van der Waals surface area contributed by atoms with Crippen molar-refractivity contribution in [3.8, 4) is 11.8 Å². The molecule has 0 aromatic heterocycles. The van der Waals surface area contributed by atoms with Gasteiger partial charge in [0.1, 0.15) is 24.0 Å². The quantitative estimate of drug-likeness (QED) is 0.306. The molecular weight excluding hydrogens is 464 g/mol. The Balaban J connectivity index is 1.85. The van der Waals surface area contributed by atoms with E-state index in [0.717, 1.165) is 21.2 Å². The van der Waals surface area contributed by atoms with Crippen molar-refractivity contribution in [3.63, 3.8) is 0 Å². The monoisotopic (exact) mass is 488 g/mol. The number of rotatable bonds is 6. The largest absolute Gasteiger partial charge is 0.488 e. The molecule has 0 atom stereocenters. The van der Waals surface area contributed by atoms with Crippen LogP contribution in [0.15, 0.2) is 64.6 Å². The number of hydrogen-bond donors (Lipinski definition) is 1. The van der Waals surface area contributed by atoms with E-state index in [1.54, 1.807) is 6.08 Å². The minimum atomic E-state index is -0.457. The highest BCUT2D eigenvalue weighted by molar-refractivity contribution is 9.10. The predicted octanol–water partition coefficient (Wildman–Crippen LogP) is 6.81. The first-order valence-corrected chi connectivity index (χ1v) is 11.0. The number of benzene rings is 3. The first kappa shape index (κ1) is 23.3. The van der Waals surface area contributed by atoms with Gasteiger partial charge < -0.3 is 10.1 Å². The van der Waals surface area contributed by atoms with E-state index in [0.29, 0.717) is 23.6 Å². The molecule has 1 N–H and O–H groups in total. The molecule has 0 aliphatic heterocycles. The molecule has 3 aromatic rings. The number of carbonyl (C=O) groups excluding carboxylic acids is 1. The zero-order chi connectivity index (χ0) is 23.3. The summed E-state index contributed by atoms with van der Waals surface area (Å²) in [5.41, 5.74) is 6.79. The highest BCUT2D eigenvalue weighted by atomic mass is 79.9. The van der Waals surface area contributed by atoms with Crippen LogP contribution in [0.5, 0.6) is 5.75 Å². The molecule has 0 saturated carbocycles. The van der Waals surface area contributed by atoms with Crippen LogP contribution in [-0.4, -0.2) is 5.91 Å². The van der Waals surface area contributed by atoms with Crippen molar-refractivity contribution in [2.75, 3.05) is 5.32 Å². The van der Waals surface area contributed by atoms with Crippen LogP contribution in [0, 0.1) is 39.0 Å². The molecule has 1 amide bonds. The number of nitrogens with zero attached hydrogens (tertiary/aromatic N) is 1. The smallest absolute Gasteiger partial charge is 0.266 e. The lowest BCUT2D eigenvalue weighted by Crippen LogP contribution is -2.14. The Morgan fingerprint density at radius 3 is 2.47 bits per heavy atom. The standard InChI is InChI=1S/C27H25BrN2O2/c1-17-5-6-19(3)25(11-17)30-27(31)23(15-29)13-22-14-24(28)9-10-26(22)32-16-21-8-7-18(2)20(4)12-21/h5-14H,16H2,1-4H3,(H,30,31)/b23-13+. The first-order chi connectivity index (χ1) is 15.3. The van der Waals surface area contributed by atoms with Gasteiger partial charge in [0.2, 0.25) is 0 Å². The van der Waals surface area contributed by atoms with Gasteiger partial charge in [0, 0.05) is 15.7 Å². The van der Waals surface area contributed by atoms with Crippen molar-refractivity contribution >= 4 is 33.6 Å². The molecule has 0 spiro atoms. The Kier molecular flexibility index (Phi) is 7.50. The number of ether oxygens (including phenoxy) is 1. The summed E-state index contributed by atoms with van der Waals surface area (Å²) < 4.78 is 6.87. The Labute approximate surface area is 197 Å². The average molecular weight is 489 g/mol. The number of nitrogens with one attached hydrogen (secondary N) is 1. The zero-order valence-electron chi connectivity index (χ0n) is 18.6. The Morgan fingerprint density at radius 1 is 1.00 bits per heavy atom. The molecular formula is C27H25BrN2O2. The molecule has 0 saturated heterocycles. The summed E-state index contributed by atoms with van der Waals surface area (Å²) in [4.78, 5) is 12.8. The van der Waals surface area contributed by atoms with E-state index >= 15 is 0 Å². The van der Waals surface area contributed by atoms with E-state index in [9.17, 15) is 10.1 Å². The fourth-order valence-electron chi connectivity index (χ4n) is 3.18. The topological polar surface area (TPSA) is 62.1 Å². The minimum Gasteiger partial charge on any atom is -0.488 e. The summed E-state index contributed by atoms with van der Waals surface area (Å²) in [7, 11) is 0. The van der Waals surface area contributed by atoms with E-state index < -0.39 is 5.91 Å². The van der Waals surface area contributed by atoms with Gasteiger partial charge in [0.05, 0.1) is 0 Å². The van der Waals surface area contributed by atoms with Gasteiger partial charge in [-0.25, -0.2) is 0 Å². The molecule has 0 aliphatic rings. The summed E-state index contributed by atoms with van der Waals surface area (Å²) >= 11 is 3.46. The van der Waals surface area contributed by atoms with Crippen LogP contribution in [0.25, 0.3) is 6.08 Å². The molecule has 4 nitrogen and oxygen atoms in total. The van der Waals surface area contributed by atoms with Gasteiger partial charge in [-0.05, 0) is 85.9 Å². The van der Waals surface area contributed by atoms with Crippen LogP contribution in [0.3, 0.4) is 0 Å². The fraction of sp³-hybridized carbons (Fsp3) is 0.185. The van der Waals surface area contributed by atoms with Crippen LogP contribution < -0.4 is 10.1 Å². The summed E-state index contributed by atoms with van der Waals surface area (Å²) in [6, 6.07) is 19.6. The van der Waals surface area contributed by atoms with Crippen LogP contribution in [-0.2, 0) is 11.4 Å². The Hall–Kier alpha value is -3.36. The molecule has 0 radical (unpaired) electrons. The van der Waals surface area contributed by atoms with Gasteiger partial charge in [-0.15, -0.1) is 0 Å². The maximum atomic E-state index is 12.8. The normalized spacial score (nSPS) is 11.1. The zero-order valence-corrected chi connectivity index (χ0v) is 20.2. The summed E-state index contributed by atoms with van der Waals surface area (Å²) in [5, 5.41) is 12.5. The van der Waals surface area contributed by atoms with Gasteiger partial charge in [-0.3, -0.25) is 4.79 Å². The predicted molar refractivity (Wildman–Crippen MR) is 133 cm³/mol. The van der Waals surface area contributed by atoms with Gasteiger partial charge in [0.25, 0.3) is 5.91 Å². The number of amides is 1. The van der Waals surface area contributed by atoms with Gasteiger partial charge >= 0.3 is 0 Å². The maximum absolute atomic E-state index is 12.8. The van der Waals surface area contributed by atoms with E-state index in [2.05, 4.69) is 47.2 Å². The maximum Gasteiger partial charge on any atom is 0.266 e. The highest BCUT2D eigenvalue weighted by Gasteiger charge is 2.13. The third-order valence-electron chi connectivity index (χ3n) is 5.24. The lowest BCUT2D eigenvalue weighted by molar-refractivity contribution is -0.112. The third-order valence-corrected chi connectivity index (χ3v) is 5.74. The molecule has 0 fully saturated rings. The summed E-state index contributed by atoms with van der Waals surface area (Å²) in [6.45, 7) is 8.40. The summed E-state index contributed by atoms with van der Waals surface area (Å²) in [6.07, 6.45) is 1.56. The molecule has 0 unspecified atom stereocenters. The molecule has 0 bridgehead atoms. The SMILES string of the molecule is Cc1ccc(C)c(NC(=O)/C(C#N)=C/c2cc(Br)ccc2OCc2ccc(C)c(C)c2)c1. The Bertz CT molecular complexity index is 1240. The van der Waals surface area contributed by atoms with E-state index in [4.69, 9.17) is 4.74 Å². The average Bonchev–Trinajstić information content (AvgIpc) is 2.76. The van der Waals surface area contributed by atoms with Crippen molar-refractivity contribution in [3.05, 3.63) is 98.0 Å². The first-order valence-electron chi connectivity index (χ1n) is 10.3. The second-order valence-corrected chi connectivity index (χ2v) is 8.75. The van der Waals surface area contributed by atoms with Gasteiger partial charge in [-0.1, -0.05) is 46.3 Å². The molecule has 0 aliphatic carbocycles. The van der Waals surface area contributed by atoms with Crippen LogP contribution in [0.2, 0.25) is 0 Å². The fourth-order valence-corrected chi connectivity index (χ4v) is 3.56. The van der Waals surface area contributed by atoms with Crippen LogP contribution >= 0.6 is 15.9 Å². The van der Waals surface area contributed by atoms with E-state index in [1.807, 2.05) is 62.4 Å². The number of nitriles is 1. The molecule has 32 heavy (non-hydrogen) atoms. The van der Waals surface area contributed by atoms with Crippen LogP contribution in [0.1, 0.15) is 33.4 Å². The second kappa shape index (κ2) is 10.3. The lowest BCUT2D eigenvalue weighted by Gasteiger charge is -2.12. The van der Waals surface area contributed by atoms with Crippen molar-refractivity contribution in [1.82, 2.24) is 0 Å². The molecule has 3 rings (SSSR count). The number of aryl methyl sites for hydroxylation is 4. The minimum absolute atomic E-state index is 0.0000338. The third kappa shape index (κ3) is 5.87. The van der Waals surface area contributed by atoms with E-state index in [-0.39, 0.29) is 5.57 Å². The van der Waals surface area contributed by atoms with Crippen molar-refractivity contribution in [2.24, 2.45) is 0 Å². The Morgan fingerprint density at radius 2 is 1.75 bits per heavy atom. The van der Waals surface area contributed by atoms with Gasteiger partial charge in [0.15, 0.2) is 0 Å². The van der Waals surface area contributed by atoms with Crippen LogP contribution in [0.4, 0.5) is 5.69 Å². The number of hydrogen-bond acceptors (Lipinski definition) is 3. The number of carbonyl (C=O) groups is 1. The van der Waals surface area contributed by atoms with Crippen molar-refractivity contribution in [2.45, 2.75) is 34.3 Å².